The molecule has 1 atom stereocenters. The first-order chi connectivity index (χ1) is 7.00. The maximum atomic E-state index is 6.68. The summed E-state index contributed by atoms with van der Waals surface area (Å²) in [5.41, 5.74) is 0. The van der Waals surface area contributed by atoms with Gasteiger partial charge in [-0.3, -0.25) is 0 Å². The molecule has 0 aliphatic rings. The Balaban J connectivity index is 4.10. The van der Waals surface area contributed by atoms with Gasteiger partial charge in [-0.15, -0.1) is 11.6 Å². The molecular formula is C13H28ClN. The molecule has 92 valence electrons. The van der Waals surface area contributed by atoms with Gasteiger partial charge in [0.25, 0.3) is 0 Å². The summed E-state index contributed by atoms with van der Waals surface area (Å²) >= 11 is 6.68. The number of hydrogen-bond donors (Lipinski definition) is 0. The molecule has 0 amide bonds. The summed E-state index contributed by atoms with van der Waals surface area (Å²) in [5, 5.41) is 0. The Morgan fingerprint density at radius 2 is 1.67 bits per heavy atom. The SMILES string of the molecule is CCC(CCCN(C)C)C(Cl)(CC)CC. The van der Waals surface area contributed by atoms with Crippen molar-refractivity contribution in [2.75, 3.05) is 20.6 Å². The van der Waals surface area contributed by atoms with Crippen LogP contribution in [0.1, 0.15) is 52.9 Å². The van der Waals surface area contributed by atoms with E-state index in [2.05, 4.69) is 39.8 Å². The first kappa shape index (κ1) is 15.2. The Morgan fingerprint density at radius 1 is 1.13 bits per heavy atom. The fraction of sp³-hybridized carbons (Fsp3) is 1.00. The van der Waals surface area contributed by atoms with Crippen LogP contribution in [0.15, 0.2) is 0 Å². The standard InChI is InChI=1S/C13H28ClN/c1-6-12(10-9-11-15(4)5)13(14,7-2)8-3/h12H,6-11H2,1-5H3. The summed E-state index contributed by atoms with van der Waals surface area (Å²) in [6.07, 6.45) is 5.91. The van der Waals surface area contributed by atoms with Crippen molar-refractivity contribution in [3.63, 3.8) is 0 Å². The molecule has 1 unspecified atom stereocenters. The zero-order chi connectivity index (χ0) is 11.9. The molecule has 0 aromatic heterocycles. The molecule has 0 aromatic rings. The van der Waals surface area contributed by atoms with Crippen LogP contribution in [0.4, 0.5) is 0 Å². The number of hydrogen-bond acceptors (Lipinski definition) is 1. The Morgan fingerprint density at radius 3 is 2.00 bits per heavy atom. The summed E-state index contributed by atoms with van der Waals surface area (Å²) in [6.45, 7) is 7.87. The van der Waals surface area contributed by atoms with Gasteiger partial charge in [-0.05, 0) is 52.2 Å². The average Bonchev–Trinajstić information content (AvgIpc) is 2.23. The second kappa shape index (κ2) is 7.51. The van der Waals surface area contributed by atoms with E-state index in [1.165, 1.54) is 25.8 Å². The highest BCUT2D eigenvalue weighted by molar-refractivity contribution is 6.24. The van der Waals surface area contributed by atoms with Gasteiger partial charge in [0.15, 0.2) is 0 Å². The van der Waals surface area contributed by atoms with Crippen molar-refractivity contribution >= 4 is 11.6 Å². The zero-order valence-electron chi connectivity index (χ0n) is 11.1. The molecule has 0 aliphatic carbocycles. The molecule has 0 saturated heterocycles. The van der Waals surface area contributed by atoms with Crippen molar-refractivity contribution < 1.29 is 0 Å². The van der Waals surface area contributed by atoms with Crippen molar-refractivity contribution in [1.29, 1.82) is 0 Å². The molecule has 0 radical (unpaired) electrons. The maximum absolute atomic E-state index is 6.68. The minimum absolute atomic E-state index is 0.0427. The predicted octanol–water partition coefficient (Wildman–Crippen LogP) is 4.15. The largest absolute Gasteiger partial charge is 0.309 e. The van der Waals surface area contributed by atoms with E-state index in [-0.39, 0.29) is 4.87 Å². The van der Waals surface area contributed by atoms with Gasteiger partial charge in [0.05, 0.1) is 0 Å². The second-order valence-corrected chi connectivity index (χ2v) is 5.55. The smallest absolute Gasteiger partial charge is 0.0469 e. The van der Waals surface area contributed by atoms with E-state index in [0.29, 0.717) is 5.92 Å². The van der Waals surface area contributed by atoms with Crippen LogP contribution >= 0.6 is 11.6 Å². The van der Waals surface area contributed by atoms with Crippen LogP contribution in [0.25, 0.3) is 0 Å². The molecule has 0 aliphatic heterocycles. The van der Waals surface area contributed by atoms with Gasteiger partial charge in [-0.2, -0.15) is 0 Å². The number of nitrogens with zero attached hydrogens (tertiary/aromatic N) is 1. The van der Waals surface area contributed by atoms with Gasteiger partial charge < -0.3 is 4.90 Å². The fourth-order valence-electron chi connectivity index (χ4n) is 2.31. The molecule has 0 bridgehead atoms. The maximum Gasteiger partial charge on any atom is 0.0469 e. The van der Waals surface area contributed by atoms with E-state index < -0.39 is 0 Å². The van der Waals surface area contributed by atoms with E-state index >= 15 is 0 Å². The van der Waals surface area contributed by atoms with Gasteiger partial charge >= 0.3 is 0 Å². The normalized spacial score (nSPS) is 14.6. The molecular weight excluding hydrogens is 206 g/mol. The highest BCUT2D eigenvalue weighted by Crippen LogP contribution is 2.37. The third-order valence-corrected chi connectivity index (χ3v) is 4.40. The zero-order valence-corrected chi connectivity index (χ0v) is 11.9. The van der Waals surface area contributed by atoms with Gasteiger partial charge in [-0.25, -0.2) is 0 Å². The molecule has 0 aromatic carbocycles. The van der Waals surface area contributed by atoms with Crippen LogP contribution < -0.4 is 0 Å². The van der Waals surface area contributed by atoms with Crippen LogP contribution in [0.3, 0.4) is 0 Å². The van der Waals surface area contributed by atoms with Crippen molar-refractivity contribution in [3.8, 4) is 0 Å². The topological polar surface area (TPSA) is 3.24 Å². The summed E-state index contributed by atoms with van der Waals surface area (Å²) in [5.74, 6) is 0.675. The highest BCUT2D eigenvalue weighted by Gasteiger charge is 2.31. The molecule has 0 heterocycles. The average molecular weight is 234 g/mol. The summed E-state index contributed by atoms with van der Waals surface area (Å²) in [4.78, 5) is 2.29. The molecule has 0 saturated carbocycles. The third-order valence-electron chi connectivity index (χ3n) is 3.56. The first-order valence-electron chi connectivity index (χ1n) is 6.33. The van der Waals surface area contributed by atoms with Crippen molar-refractivity contribution in [2.45, 2.75) is 57.7 Å². The molecule has 15 heavy (non-hydrogen) atoms. The van der Waals surface area contributed by atoms with E-state index in [1.54, 1.807) is 0 Å². The fourth-order valence-corrected chi connectivity index (χ4v) is 2.57. The number of rotatable bonds is 8. The van der Waals surface area contributed by atoms with Gasteiger partial charge in [0, 0.05) is 4.87 Å². The van der Waals surface area contributed by atoms with E-state index in [9.17, 15) is 0 Å². The quantitative estimate of drug-likeness (QED) is 0.570. The lowest BCUT2D eigenvalue weighted by molar-refractivity contribution is 0.290. The summed E-state index contributed by atoms with van der Waals surface area (Å²) < 4.78 is 0. The Labute approximate surface area is 101 Å². The lowest BCUT2D eigenvalue weighted by Gasteiger charge is -2.33. The van der Waals surface area contributed by atoms with Crippen LogP contribution in [0.5, 0.6) is 0 Å². The summed E-state index contributed by atoms with van der Waals surface area (Å²) in [6, 6.07) is 0. The minimum Gasteiger partial charge on any atom is -0.309 e. The highest BCUT2D eigenvalue weighted by atomic mass is 35.5. The Bertz CT molecular complexity index is 153. The molecule has 1 nitrogen and oxygen atoms in total. The minimum atomic E-state index is 0.0427. The van der Waals surface area contributed by atoms with E-state index in [0.717, 1.165) is 12.8 Å². The summed E-state index contributed by atoms with van der Waals surface area (Å²) in [7, 11) is 4.27. The second-order valence-electron chi connectivity index (χ2n) is 4.79. The molecule has 2 heteroatoms. The van der Waals surface area contributed by atoms with Crippen molar-refractivity contribution in [2.24, 2.45) is 5.92 Å². The number of alkyl halides is 1. The van der Waals surface area contributed by atoms with Crippen molar-refractivity contribution in [3.05, 3.63) is 0 Å². The van der Waals surface area contributed by atoms with Crippen LogP contribution in [-0.4, -0.2) is 30.4 Å². The van der Waals surface area contributed by atoms with Gasteiger partial charge in [0.2, 0.25) is 0 Å². The van der Waals surface area contributed by atoms with E-state index in [1.807, 2.05) is 0 Å². The number of halogens is 1. The monoisotopic (exact) mass is 233 g/mol. The van der Waals surface area contributed by atoms with Crippen LogP contribution in [-0.2, 0) is 0 Å². The molecule has 0 N–H and O–H groups in total. The molecule has 0 fully saturated rings. The van der Waals surface area contributed by atoms with E-state index in [4.69, 9.17) is 11.6 Å². The predicted molar refractivity (Wildman–Crippen MR) is 70.7 cm³/mol. The van der Waals surface area contributed by atoms with Crippen molar-refractivity contribution in [1.82, 2.24) is 4.90 Å². The Hall–Kier alpha value is 0.250. The lowest BCUT2D eigenvalue weighted by atomic mass is 9.82. The Kier molecular flexibility index (Phi) is 7.64. The molecule has 0 rings (SSSR count). The van der Waals surface area contributed by atoms with Gasteiger partial charge in [0.1, 0.15) is 0 Å². The van der Waals surface area contributed by atoms with Crippen LogP contribution in [0, 0.1) is 5.92 Å². The first-order valence-corrected chi connectivity index (χ1v) is 6.71. The third kappa shape index (κ3) is 5.21. The lowest BCUT2D eigenvalue weighted by Crippen LogP contribution is -2.31. The van der Waals surface area contributed by atoms with Gasteiger partial charge in [-0.1, -0.05) is 27.2 Å². The molecule has 0 spiro atoms. The van der Waals surface area contributed by atoms with Crippen LogP contribution in [0.2, 0.25) is 0 Å².